The van der Waals surface area contributed by atoms with Crippen LogP contribution in [0.15, 0.2) is 35.4 Å². The van der Waals surface area contributed by atoms with Crippen molar-refractivity contribution in [3.63, 3.8) is 0 Å². The van der Waals surface area contributed by atoms with Gasteiger partial charge in [0.05, 0.1) is 16.7 Å². The molecule has 0 aliphatic heterocycles. The van der Waals surface area contributed by atoms with Crippen molar-refractivity contribution >= 4 is 15.8 Å². The summed E-state index contributed by atoms with van der Waals surface area (Å²) in [6, 6.07) is 5.39. The molecule has 0 radical (unpaired) electrons. The van der Waals surface area contributed by atoms with Gasteiger partial charge in [-0.2, -0.15) is 23.5 Å². The van der Waals surface area contributed by atoms with Crippen LogP contribution in [0.2, 0.25) is 0 Å². The number of H-pyrrole nitrogens is 1. The maximum atomic E-state index is 12.8. The zero-order valence-corrected chi connectivity index (χ0v) is 11.0. The molecule has 0 aliphatic rings. The van der Waals surface area contributed by atoms with E-state index in [1.807, 2.05) is 4.72 Å². The molecule has 21 heavy (non-hydrogen) atoms. The smallest absolute Gasteiger partial charge is 0.263 e. The van der Waals surface area contributed by atoms with Crippen LogP contribution >= 0.6 is 0 Å². The van der Waals surface area contributed by atoms with Gasteiger partial charge < -0.3 is 0 Å². The van der Waals surface area contributed by atoms with Crippen molar-refractivity contribution in [2.24, 2.45) is 0 Å². The van der Waals surface area contributed by atoms with Gasteiger partial charge in [0.25, 0.3) is 10.0 Å². The Morgan fingerprint density at radius 3 is 2.57 bits per heavy atom. The summed E-state index contributed by atoms with van der Waals surface area (Å²) < 4.78 is 64.5. The van der Waals surface area contributed by atoms with E-state index in [1.165, 1.54) is 6.07 Å². The van der Waals surface area contributed by atoms with Gasteiger partial charge in [-0.1, -0.05) is 12.1 Å². The van der Waals surface area contributed by atoms with Crippen LogP contribution in [0.1, 0.15) is 11.1 Å². The monoisotopic (exact) mass is 316 g/mol. The third kappa shape index (κ3) is 2.97. The van der Waals surface area contributed by atoms with Crippen molar-refractivity contribution in [1.82, 2.24) is 10.2 Å². The van der Waals surface area contributed by atoms with Crippen molar-refractivity contribution in [3.8, 4) is 6.07 Å². The highest BCUT2D eigenvalue weighted by molar-refractivity contribution is 7.92. The van der Waals surface area contributed by atoms with E-state index in [0.717, 1.165) is 18.3 Å². The van der Waals surface area contributed by atoms with Crippen LogP contribution in [0, 0.1) is 11.3 Å². The first-order valence-corrected chi connectivity index (χ1v) is 6.86. The highest BCUT2D eigenvalue weighted by atomic mass is 32.2. The molecule has 1 aromatic heterocycles. The number of rotatable bonds is 3. The second kappa shape index (κ2) is 5.10. The lowest BCUT2D eigenvalue weighted by molar-refractivity contribution is -0.139. The van der Waals surface area contributed by atoms with Gasteiger partial charge in [0, 0.05) is 0 Å². The molecule has 1 aromatic carbocycles. The molecule has 0 amide bonds. The van der Waals surface area contributed by atoms with Crippen molar-refractivity contribution in [1.29, 1.82) is 5.26 Å². The highest BCUT2D eigenvalue weighted by Crippen LogP contribution is 2.34. The molecule has 6 nitrogen and oxygen atoms in total. The van der Waals surface area contributed by atoms with Gasteiger partial charge in [-0.15, -0.1) is 0 Å². The van der Waals surface area contributed by atoms with E-state index in [1.54, 1.807) is 6.07 Å². The molecule has 110 valence electrons. The summed E-state index contributed by atoms with van der Waals surface area (Å²) in [6.45, 7) is 0. The van der Waals surface area contributed by atoms with Crippen molar-refractivity contribution in [2.75, 3.05) is 4.72 Å². The fourth-order valence-corrected chi connectivity index (χ4v) is 2.84. The first-order chi connectivity index (χ1) is 9.75. The molecule has 0 unspecified atom stereocenters. The molecule has 10 heteroatoms. The van der Waals surface area contributed by atoms with Gasteiger partial charge in [0.2, 0.25) is 0 Å². The molecule has 2 rings (SSSR count). The van der Waals surface area contributed by atoms with Crippen molar-refractivity contribution in [2.45, 2.75) is 11.1 Å². The zero-order valence-electron chi connectivity index (χ0n) is 10.1. The average molecular weight is 316 g/mol. The van der Waals surface area contributed by atoms with E-state index in [0.29, 0.717) is 6.07 Å². The Morgan fingerprint density at radius 2 is 1.95 bits per heavy atom. The van der Waals surface area contributed by atoms with Crippen LogP contribution in [-0.2, 0) is 16.2 Å². The van der Waals surface area contributed by atoms with E-state index < -0.39 is 26.7 Å². The Balaban J connectivity index is 2.49. The minimum atomic E-state index is -4.82. The van der Waals surface area contributed by atoms with Gasteiger partial charge in [0.15, 0.2) is 5.82 Å². The fourth-order valence-electron chi connectivity index (χ4n) is 1.57. The molecular formula is C11H7F3N4O2S. The molecule has 2 aromatic rings. The minimum Gasteiger partial charge on any atom is -0.263 e. The third-order valence-corrected chi connectivity index (χ3v) is 3.89. The molecule has 0 bridgehead atoms. The molecule has 0 saturated heterocycles. The first kappa shape index (κ1) is 14.9. The lowest BCUT2D eigenvalue weighted by Crippen LogP contribution is -2.19. The Morgan fingerprint density at radius 1 is 1.29 bits per heavy atom. The van der Waals surface area contributed by atoms with E-state index in [9.17, 15) is 21.6 Å². The van der Waals surface area contributed by atoms with Crippen molar-refractivity contribution < 1.29 is 21.6 Å². The quantitative estimate of drug-likeness (QED) is 0.906. The summed E-state index contributed by atoms with van der Waals surface area (Å²) in [5.41, 5.74) is -1.43. The lowest BCUT2D eigenvalue weighted by Gasteiger charge is -2.13. The minimum absolute atomic E-state index is 0.136. The number of sulfonamides is 1. The number of hydrogen-bond acceptors (Lipinski definition) is 4. The Bertz CT molecular complexity index is 805. The summed E-state index contributed by atoms with van der Waals surface area (Å²) in [4.78, 5) is -0.934. The number of nitriles is 1. The topological polar surface area (TPSA) is 98.6 Å². The SMILES string of the molecule is N#Cc1cn[nH]c1NS(=O)(=O)c1ccccc1C(F)(F)F. The number of anilines is 1. The lowest BCUT2D eigenvalue weighted by atomic mass is 10.2. The van der Waals surface area contributed by atoms with E-state index in [-0.39, 0.29) is 11.4 Å². The molecule has 0 saturated carbocycles. The number of benzene rings is 1. The summed E-state index contributed by atoms with van der Waals surface area (Å²) in [7, 11) is -4.52. The third-order valence-electron chi connectivity index (χ3n) is 2.48. The van der Waals surface area contributed by atoms with Crippen molar-refractivity contribution in [3.05, 3.63) is 41.6 Å². The number of halogens is 3. The van der Waals surface area contributed by atoms with Crippen LogP contribution in [-0.4, -0.2) is 18.6 Å². The number of aromatic amines is 1. The largest absolute Gasteiger partial charge is 0.417 e. The Hall–Kier alpha value is -2.54. The molecule has 0 aliphatic carbocycles. The molecule has 2 N–H and O–H groups in total. The van der Waals surface area contributed by atoms with Crippen LogP contribution in [0.3, 0.4) is 0 Å². The standard InChI is InChI=1S/C11H7F3N4O2S/c12-11(13,14)8-3-1-2-4-9(8)21(19,20)18-10-7(5-15)6-16-17-10/h1-4,6H,(H2,16,17,18). The summed E-state index contributed by atoms with van der Waals surface area (Å²) in [5, 5.41) is 14.4. The molecule has 0 atom stereocenters. The number of hydrogen-bond donors (Lipinski definition) is 2. The number of nitrogens with one attached hydrogen (secondary N) is 2. The Kier molecular flexibility index (Phi) is 3.61. The average Bonchev–Trinajstić information content (AvgIpc) is 2.84. The Labute approximate surface area is 117 Å². The van der Waals surface area contributed by atoms with Crippen LogP contribution < -0.4 is 4.72 Å². The van der Waals surface area contributed by atoms with E-state index in [2.05, 4.69) is 10.2 Å². The molecule has 0 fully saturated rings. The maximum absolute atomic E-state index is 12.8. The maximum Gasteiger partial charge on any atom is 0.417 e. The summed E-state index contributed by atoms with van der Waals surface area (Å²) in [6.07, 6.45) is -3.77. The predicted molar refractivity (Wildman–Crippen MR) is 65.6 cm³/mol. The van der Waals surface area contributed by atoms with Gasteiger partial charge >= 0.3 is 6.18 Å². The number of aromatic nitrogens is 2. The molecular weight excluding hydrogens is 309 g/mol. The summed E-state index contributed by atoms with van der Waals surface area (Å²) in [5.74, 6) is -0.297. The molecule has 1 heterocycles. The van der Waals surface area contributed by atoms with Gasteiger partial charge in [-0.3, -0.25) is 9.82 Å². The molecule has 0 spiro atoms. The van der Waals surface area contributed by atoms with Crippen LogP contribution in [0.5, 0.6) is 0 Å². The second-order valence-electron chi connectivity index (χ2n) is 3.87. The first-order valence-electron chi connectivity index (χ1n) is 5.38. The van der Waals surface area contributed by atoms with Crippen LogP contribution in [0.4, 0.5) is 19.0 Å². The fraction of sp³-hybridized carbons (Fsp3) is 0.0909. The number of nitrogens with zero attached hydrogens (tertiary/aromatic N) is 2. The van der Waals surface area contributed by atoms with E-state index in [4.69, 9.17) is 5.26 Å². The van der Waals surface area contributed by atoms with Crippen LogP contribution in [0.25, 0.3) is 0 Å². The summed E-state index contributed by atoms with van der Waals surface area (Å²) >= 11 is 0. The van der Waals surface area contributed by atoms with Gasteiger partial charge in [-0.25, -0.2) is 8.42 Å². The second-order valence-corrected chi connectivity index (χ2v) is 5.52. The normalized spacial score (nSPS) is 11.9. The van der Waals surface area contributed by atoms with E-state index >= 15 is 0 Å². The van der Waals surface area contributed by atoms with Gasteiger partial charge in [-0.05, 0) is 12.1 Å². The predicted octanol–water partition coefficient (Wildman–Crippen LogP) is 2.10. The number of alkyl halides is 3. The highest BCUT2D eigenvalue weighted by Gasteiger charge is 2.37. The van der Waals surface area contributed by atoms with Gasteiger partial charge in [0.1, 0.15) is 11.6 Å². The zero-order chi connectivity index (χ0) is 15.7.